The van der Waals surface area contributed by atoms with Crippen molar-refractivity contribution in [1.29, 1.82) is 0 Å². The van der Waals surface area contributed by atoms with Gasteiger partial charge in [-0.2, -0.15) is 13.2 Å². The van der Waals surface area contributed by atoms with Gasteiger partial charge in [0.2, 0.25) is 0 Å². The molecule has 1 atom stereocenters. The molecule has 1 aliphatic rings. The number of likely N-dealkylation sites (tertiary alicyclic amines) is 1. The zero-order valence-electron chi connectivity index (χ0n) is 18.8. The number of amides is 1. The first-order chi connectivity index (χ1) is 16.5. The molecule has 0 aliphatic carbocycles. The van der Waals surface area contributed by atoms with Crippen molar-refractivity contribution in [2.75, 3.05) is 6.54 Å². The van der Waals surface area contributed by atoms with E-state index in [4.69, 9.17) is 0 Å². The van der Waals surface area contributed by atoms with E-state index in [-0.39, 0.29) is 25.2 Å². The minimum absolute atomic E-state index is 0.0468. The number of hydrogen-bond acceptors (Lipinski definition) is 5. The van der Waals surface area contributed by atoms with Crippen molar-refractivity contribution in [2.24, 2.45) is 0 Å². The van der Waals surface area contributed by atoms with Gasteiger partial charge < -0.3 is 4.90 Å². The van der Waals surface area contributed by atoms with Gasteiger partial charge in [-0.3, -0.25) is 4.79 Å². The van der Waals surface area contributed by atoms with Crippen LogP contribution in [0.1, 0.15) is 46.6 Å². The molecule has 184 valence electrons. The third-order valence-electron chi connectivity index (χ3n) is 5.90. The highest BCUT2D eigenvalue weighted by Gasteiger charge is 2.42. The molecule has 4 rings (SSSR count). The summed E-state index contributed by atoms with van der Waals surface area (Å²) in [5.41, 5.74) is 0.614. The molecule has 2 aromatic heterocycles. The number of rotatable bonds is 5. The Bertz CT molecular complexity index is 1190. The Morgan fingerprint density at radius 3 is 2.46 bits per heavy atom. The Balaban J connectivity index is 1.58. The molecule has 3 heterocycles. The van der Waals surface area contributed by atoms with E-state index in [1.54, 1.807) is 30.6 Å². The van der Waals surface area contributed by atoms with Crippen molar-refractivity contribution < 1.29 is 26.7 Å². The highest BCUT2D eigenvalue weighted by atomic mass is 19.4. The van der Waals surface area contributed by atoms with Gasteiger partial charge in [-0.15, -0.1) is 0 Å². The molecule has 0 N–H and O–H groups in total. The minimum atomic E-state index is -4.57. The molecule has 1 aliphatic heterocycles. The van der Waals surface area contributed by atoms with E-state index in [2.05, 4.69) is 19.9 Å². The maximum absolute atomic E-state index is 14.3. The summed E-state index contributed by atoms with van der Waals surface area (Å²) >= 11 is 0. The van der Waals surface area contributed by atoms with E-state index in [9.17, 15) is 26.7 Å². The average Bonchev–Trinajstić information content (AvgIpc) is 2.82. The largest absolute Gasteiger partial charge is 0.419 e. The Kier molecular flexibility index (Phi) is 6.77. The van der Waals surface area contributed by atoms with Crippen LogP contribution in [0.5, 0.6) is 0 Å². The van der Waals surface area contributed by atoms with Crippen LogP contribution in [0.25, 0.3) is 11.4 Å². The molecule has 11 heteroatoms. The zero-order valence-corrected chi connectivity index (χ0v) is 18.8. The first-order valence-corrected chi connectivity index (χ1v) is 11.0. The summed E-state index contributed by atoms with van der Waals surface area (Å²) in [6.07, 6.45) is -1.05. The molecule has 0 bridgehead atoms. The smallest absolute Gasteiger partial charge is 0.335 e. The molecule has 0 radical (unpaired) electrons. The number of carbonyl (C=O) groups excluding carboxylic acids is 1. The lowest BCUT2D eigenvalue weighted by Crippen LogP contribution is -2.50. The molecule has 0 saturated carbocycles. The number of halogens is 5. The lowest BCUT2D eigenvalue weighted by Gasteiger charge is -2.39. The first kappa shape index (κ1) is 24.6. The predicted octanol–water partition coefficient (Wildman–Crippen LogP) is 5.13. The topological polar surface area (TPSA) is 71.9 Å². The standard InChI is InChI=1S/C24H22F5N5O/c1-15-3-5-18(21-30-8-2-9-31-21)19(11-15)22(35)34-10-7-23(25,26)12-17(34)4-6-20-32-13-16(14-33-20)24(27,28)29/h2-3,5,8-9,11,13-14,17H,4,6-7,10,12H2,1H3/t17-/m1/s1. The fraction of sp³-hybridized carbons (Fsp3) is 0.375. The fourth-order valence-electron chi connectivity index (χ4n) is 4.10. The summed E-state index contributed by atoms with van der Waals surface area (Å²) in [7, 11) is 0. The summed E-state index contributed by atoms with van der Waals surface area (Å²) in [6, 6.07) is 6.01. The van der Waals surface area contributed by atoms with Crippen LogP contribution in [0.15, 0.2) is 49.1 Å². The molecule has 1 amide bonds. The fourth-order valence-corrected chi connectivity index (χ4v) is 4.10. The number of hydrogen-bond donors (Lipinski definition) is 0. The van der Waals surface area contributed by atoms with E-state index < -0.39 is 42.5 Å². The molecule has 35 heavy (non-hydrogen) atoms. The number of carbonyl (C=O) groups is 1. The quantitative estimate of drug-likeness (QED) is 0.463. The van der Waals surface area contributed by atoms with Crippen LogP contribution < -0.4 is 0 Å². The number of benzene rings is 1. The zero-order chi connectivity index (χ0) is 25.2. The van der Waals surface area contributed by atoms with Crippen LogP contribution in [0.4, 0.5) is 22.0 Å². The molecule has 1 aromatic carbocycles. The Hall–Kier alpha value is -3.50. The SMILES string of the molecule is Cc1ccc(-c2ncccn2)c(C(=O)N2CCC(F)(F)C[C@H]2CCc2ncc(C(F)(F)F)cn2)c1. The molecular weight excluding hydrogens is 469 g/mol. The number of piperidine rings is 1. The lowest BCUT2D eigenvalue weighted by molar-refractivity contribution is -0.138. The van der Waals surface area contributed by atoms with Crippen molar-refractivity contribution in [2.45, 2.75) is 50.7 Å². The summed E-state index contributed by atoms with van der Waals surface area (Å²) in [6.45, 7) is 1.66. The van der Waals surface area contributed by atoms with E-state index in [0.29, 0.717) is 29.3 Å². The predicted molar refractivity (Wildman–Crippen MR) is 117 cm³/mol. The van der Waals surface area contributed by atoms with Crippen molar-refractivity contribution in [3.63, 3.8) is 0 Å². The number of nitrogens with zero attached hydrogens (tertiary/aromatic N) is 5. The molecule has 1 saturated heterocycles. The average molecular weight is 491 g/mol. The highest BCUT2D eigenvalue weighted by molar-refractivity contribution is 6.00. The van der Waals surface area contributed by atoms with Crippen LogP contribution in [0.2, 0.25) is 0 Å². The third kappa shape index (κ3) is 5.77. The van der Waals surface area contributed by atoms with Crippen LogP contribution in [-0.4, -0.2) is 49.3 Å². The Morgan fingerprint density at radius 1 is 1.11 bits per heavy atom. The second-order valence-corrected chi connectivity index (χ2v) is 8.51. The Labute approximate surface area is 198 Å². The van der Waals surface area contributed by atoms with Crippen molar-refractivity contribution in [1.82, 2.24) is 24.8 Å². The van der Waals surface area contributed by atoms with Crippen LogP contribution >= 0.6 is 0 Å². The van der Waals surface area contributed by atoms with E-state index in [1.165, 1.54) is 4.90 Å². The minimum Gasteiger partial charge on any atom is -0.335 e. The molecule has 6 nitrogen and oxygen atoms in total. The van der Waals surface area contributed by atoms with Gasteiger partial charge in [0, 0.05) is 62.2 Å². The van der Waals surface area contributed by atoms with E-state index >= 15 is 0 Å². The van der Waals surface area contributed by atoms with Crippen molar-refractivity contribution >= 4 is 5.91 Å². The van der Waals surface area contributed by atoms with E-state index in [0.717, 1.165) is 5.56 Å². The van der Waals surface area contributed by atoms with Gasteiger partial charge in [-0.1, -0.05) is 17.7 Å². The lowest BCUT2D eigenvalue weighted by atomic mass is 9.92. The van der Waals surface area contributed by atoms with Crippen LogP contribution in [0, 0.1) is 6.92 Å². The van der Waals surface area contributed by atoms with Gasteiger partial charge in [-0.25, -0.2) is 28.7 Å². The van der Waals surface area contributed by atoms with Gasteiger partial charge in [-0.05, 0) is 25.5 Å². The highest BCUT2D eigenvalue weighted by Crippen LogP contribution is 2.35. The van der Waals surface area contributed by atoms with E-state index in [1.807, 2.05) is 13.0 Å². The Morgan fingerprint density at radius 2 is 1.80 bits per heavy atom. The number of alkyl halides is 5. The second-order valence-electron chi connectivity index (χ2n) is 8.51. The van der Waals surface area contributed by atoms with Crippen molar-refractivity contribution in [3.05, 3.63) is 71.6 Å². The van der Waals surface area contributed by atoms with Crippen molar-refractivity contribution in [3.8, 4) is 11.4 Å². The number of aromatic nitrogens is 4. The summed E-state index contributed by atoms with van der Waals surface area (Å²) < 4.78 is 66.8. The normalized spacial score (nSPS) is 17.9. The van der Waals surface area contributed by atoms with Crippen LogP contribution in [0.3, 0.4) is 0 Å². The maximum atomic E-state index is 14.3. The number of aryl methyl sites for hydroxylation is 2. The second kappa shape index (κ2) is 9.63. The van der Waals surface area contributed by atoms with Gasteiger partial charge in [0.15, 0.2) is 5.82 Å². The van der Waals surface area contributed by atoms with Gasteiger partial charge in [0.05, 0.1) is 11.1 Å². The van der Waals surface area contributed by atoms with Crippen LogP contribution in [-0.2, 0) is 12.6 Å². The molecular formula is C24H22F5N5O. The summed E-state index contributed by atoms with van der Waals surface area (Å²) in [5.74, 6) is -2.95. The first-order valence-electron chi connectivity index (χ1n) is 11.0. The summed E-state index contributed by atoms with van der Waals surface area (Å²) in [4.78, 5) is 30.9. The third-order valence-corrected chi connectivity index (χ3v) is 5.90. The molecule has 0 spiro atoms. The molecule has 3 aromatic rings. The molecule has 0 unspecified atom stereocenters. The molecule has 1 fully saturated rings. The van der Waals surface area contributed by atoms with Gasteiger partial charge in [0.1, 0.15) is 5.82 Å². The van der Waals surface area contributed by atoms with Gasteiger partial charge in [0.25, 0.3) is 11.8 Å². The van der Waals surface area contributed by atoms with Gasteiger partial charge >= 0.3 is 6.18 Å². The monoisotopic (exact) mass is 491 g/mol. The summed E-state index contributed by atoms with van der Waals surface area (Å²) in [5, 5.41) is 0. The maximum Gasteiger partial charge on any atom is 0.419 e.